The maximum absolute atomic E-state index is 11.8. The minimum Gasteiger partial charge on any atom is -0.497 e. The molecule has 3 heterocycles. The van der Waals surface area contributed by atoms with Crippen LogP contribution in [-0.4, -0.2) is 46.2 Å². The summed E-state index contributed by atoms with van der Waals surface area (Å²) in [6, 6.07) is 18.4. The fourth-order valence-electron chi connectivity index (χ4n) is 4.59. The van der Waals surface area contributed by atoms with Gasteiger partial charge in [-0.3, -0.25) is 19.6 Å². The van der Waals surface area contributed by atoms with Crippen molar-refractivity contribution in [2.24, 2.45) is 7.05 Å². The van der Waals surface area contributed by atoms with Gasteiger partial charge in [0.25, 0.3) is 11.8 Å². The van der Waals surface area contributed by atoms with Crippen molar-refractivity contribution >= 4 is 28.7 Å². The molecule has 2 N–H and O–H groups in total. The zero-order valence-corrected chi connectivity index (χ0v) is 20.8. The number of fused-ring (bicyclic) bond motifs is 2. The lowest BCUT2D eigenvalue weighted by atomic mass is 10.00. The Balaban J connectivity index is 0.000000171. The van der Waals surface area contributed by atoms with Crippen LogP contribution in [-0.2, 0) is 18.4 Å². The van der Waals surface area contributed by atoms with Crippen molar-refractivity contribution in [2.75, 3.05) is 13.7 Å². The number of hydrogen-bond donors (Lipinski definition) is 2. The molecule has 0 radical (unpaired) electrons. The fourth-order valence-corrected chi connectivity index (χ4v) is 4.59. The fraction of sp³-hybridized carbons (Fsp3) is 0.214. The molecule has 0 saturated carbocycles. The van der Waals surface area contributed by atoms with Crippen molar-refractivity contribution in [2.45, 2.75) is 19.5 Å². The summed E-state index contributed by atoms with van der Waals surface area (Å²) in [6.45, 7) is 3.48. The molecule has 1 aromatic heterocycles. The highest BCUT2D eigenvalue weighted by molar-refractivity contribution is 6.04. The number of aromatic nitrogens is 2. The maximum Gasteiger partial charge on any atom is 0.322 e. The number of nitrogens with zero attached hydrogens (tertiary/aromatic N) is 3. The van der Waals surface area contributed by atoms with E-state index in [-0.39, 0.29) is 11.8 Å². The van der Waals surface area contributed by atoms with Gasteiger partial charge in [-0.05, 0) is 53.4 Å². The molecule has 0 bridgehead atoms. The van der Waals surface area contributed by atoms with E-state index in [1.165, 1.54) is 0 Å². The lowest BCUT2D eigenvalue weighted by Crippen LogP contribution is -2.22. The van der Waals surface area contributed by atoms with Gasteiger partial charge in [0.05, 0.1) is 18.8 Å². The maximum atomic E-state index is 11.8. The second-order valence-electron chi connectivity index (χ2n) is 8.90. The normalized spacial score (nSPS) is 16.2. The van der Waals surface area contributed by atoms with E-state index in [1.54, 1.807) is 7.11 Å². The standard InChI is InChI=1S/C17H14N4O2.C11H13NO2/c1-21-14-7-6-12(8-13(14)9-18-21)10-2-4-11(5-3-10)15-16(22)20-17(23)19-15;1-3-12-7-8-4-5-9(14-2)6-10(8)11(12)13/h2-9,15H,1H3,(H2,19,20,22,23);4-6H,3,7H2,1-2H3. The molecule has 0 aliphatic carbocycles. The van der Waals surface area contributed by atoms with Crippen LogP contribution in [0.15, 0.2) is 66.9 Å². The van der Waals surface area contributed by atoms with E-state index in [0.29, 0.717) is 0 Å². The molecule has 2 aliphatic rings. The van der Waals surface area contributed by atoms with Crippen LogP contribution in [0.4, 0.5) is 4.79 Å². The lowest BCUT2D eigenvalue weighted by molar-refractivity contribution is -0.120. The quantitative estimate of drug-likeness (QED) is 0.418. The molecule has 6 rings (SSSR count). The van der Waals surface area contributed by atoms with Gasteiger partial charge in [0.2, 0.25) is 0 Å². The summed E-state index contributed by atoms with van der Waals surface area (Å²) in [7, 11) is 3.52. The number of carbonyl (C=O) groups excluding carboxylic acids is 3. The first-order valence-corrected chi connectivity index (χ1v) is 12.0. The van der Waals surface area contributed by atoms with Gasteiger partial charge < -0.3 is 15.0 Å². The van der Waals surface area contributed by atoms with Crippen LogP contribution in [0.5, 0.6) is 5.75 Å². The molecule has 4 amide bonds. The Morgan fingerprint density at radius 2 is 1.76 bits per heavy atom. The van der Waals surface area contributed by atoms with Crippen molar-refractivity contribution in [1.29, 1.82) is 0 Å². The monoisotopic (exact) mass is 497 g/mol. The number of nitrogens with one attached hydrogen (secondary N) is 2. The molecule has 2 aliphatic heterocycles. The van der Waals surface area contributed by atoms with Crippen LogP contribution < -0.4 is 15.4 Å². The highest BCUT2D eigenvalue weighted by Gasteiger charge is 2.30. The smallest absolute Gasteiger partial charge is 0.322 e. The number of benzene rings is 3. The first-order valence-electron chi connectivity index (χ1n) is 12.0. The molecule has 188 valence electrons. The number of aryl methyl sites for hydroxylation is 1. The van der Waals surface area contributed by atoms with Gasteiger partial charge in [0, 0.05) is 31.1 Å². The zero-order valence-electron chi connectivity index (χ0n) is 20.8. The van der Waals surface area contributed by atoms with Crippen molar-refractivity contribution in [1.82, 2.24) is 25.3 Å². The molecule has 3 aromatic carbocycles. The average molecular weight is 498 g/mol. The Bertz CT molecular complexity index is 1510. The number of urea groups is 1. The van der Waals surface area contributed by atoms with Crippen LogP contribution in [0.2, 0.25) is 0 Å². The van der Waals surface area contributed by atoms with E-state index in [1.807, 2.05) is 84.3 Å². The zero-order chi connectivity index (χ0) is 26.1. The SMILES string of the molecule is CCN1Cc2ccc(OC)cc2C1=O.Cn1ncc2cc(-c3ccc(C4NC(=O)NC4=O)cc3)ccc21. The summed E-state index contributed by atoms with van der Waals surface area (Å²) >= 11 is 0. The Hall–Kier alpha value is -4.66. The van der Waals surface area contributed by atoms with Gasteiger partial charge >= 0.3 is 6.03 Å². The third kappa shape index (κ3) is 4.63. The van der Waals surface area contributed by atoms with E-state index in [2.05, 4.69) is 21.8 Å². The van der Waals surface area contributed by atoms with Gasteiger partial charge in [0.1, 0.15) is 11.8 Å². The lowest BCUT2D eigenvalue weighted by Gasteiger charge is -2.10. The van der Waals surface area contributed by atoms with Crippen LogP contribution in [0.3, 0.4) is 0 Å². The molecule has 1 fully saturated rings. The van der Waals surface area contributed by atoms with Gasteiger partial charge in [-0.2, -0.15) is 5.10 Å². The molecule has 37 heavy (non-hydrogen) atoms. The van der Waals surface area contributed by atoms with Crippen molar-refractivity contribution in [3.05, 3.63) is 83.6 Å². The van der Waals surface area contributed by atoms with Crippen LogP contribution in [0, 0.1) is 0 Å². The number of rotatable bonds is 4. The van der Waals surface area contributed by atoms with Crippen LogP contribution >= 0.6 is 0 Å². The highest BCUT2D eigenvalue weighted by atomic mass is 16.5. The molecule has 1 atom stereocenters. The Kier molecular flexibility index (Phi) is 6.35. The largest absolute Gasteiger partial charge is 0.497 e. The predicted octanol–water partition coefficient (Wildman–Crippen LogP) is 3.79. The summed E-state index contributed by atoms with van der Waals surface area (Å²) in [5, 5.41) is 10.2. The summed E-state index contributed by atoms with van der Waals surface area (Å²) in [6.07, 6.45) is 1.84. The number of hydrogen-bond acceptors (Lipinski definition) is 5. The second kappa shape index (κ2) is 9.77. The first kappa shape index (κ1) is 24.1. The van der Waals surface area contributed by atoms with E-state index in [0.717, 1.165) is 57.6 Å². The third-order valence-electron chi connectivity index (χ3n) is 6.68. The van der Waals surface area contributed by atoms with Gasteiger partial charge in [-0.15, -0.1) is 0 Å². The molecule has 1 unspecified atom stereocenters. The van der Waals surface area contributed by atoms with E-state index < -0.39 is 12.1 Å². The minimum absolute atomic E-state index is 0.112. The Labute approximate surface area is 214 Å². The van der Waals surface area contributed by atoms with E-state index >= 15 is 0 Å². The molecule has 9 nitrogen and oxygen atoms in total. The second-order valence-corrected chi connectivity index (χ2v) is 8.90. The minimum atomic E-state index is -0.614. The number of carbonyl (C=O) groups is 3. The van der Waals surface area contributed by atoms with Gasteiger partial charge in [-0.25, -0.2) is 4.79 Å². The van der Waals surface area contributed by atoms with Crippen molar-refractivity contribution < 1.29 is 19.1 Å². The summed E-state index contributed by atoms with van der Waals surface area (Å²) in [4.78, 5) is 36.5. The molecule has 0 spiro atoms. The molecule has 1 saturated heterocycles. The van der Waals surface area contributed by atoms with Crippen LogP contribution in [0.25, 0.3) is 22.0 Å². The number of ether oxygens (including phenoxy) is 1. The average Bonchev–Trinajstić information content (AvgIpc) is 3.57. The highest BCUT2D eigenvalue weighted by Crippen LogP contribution is 2.27. The molecule has 9 heteroatoms. The summed E-state index contributed by atoms with van der Waals surface area (Å²) in [5.41, 5.74) is 5.85. The third-order valence-corrected chi connectivity index (χ3v) is 6.68. The van der Waals surface area contributed by atoms with Crippen molar-refractivity contribution in [3.63, 3.8) is 0 Å². The van der Waals surface area contributed by atoms with E-state index in [9.17, 15) is 14.4 Å². The predicted molar refractivity (Wildman–Crippen MR) is 139 cm³/mol. The van der Waals surface area contributed by atoms with Gasteiger partial charge in [0.15, 0.2) is 0 Å². The number of methoxy groups -OCH3 is 1. The topological polar surface area (TPSA) is 106 Å². The molecular weight excluding hydrogens is 470 g/mol. The van der Waals surface area contributed by atoms with Crippen LogP contribution in [0.1, 0.15) is 34.5 Å². The Morgan fingerprint density at radius 1 is 1.00 bits per heavy atom. The van der Waals surface area contributed by atoms with Gasteiger partial charge in [-0.1, -0.05) is 36.4 Å². The Morgan fingerprint density at radius 3 is 2.43 bits per heavy atom. The van der Waals surface area contributed by atoms with E-state index in [4.69, 9.17) is 4.74 Å². The summed E-state index contributed by atoms with van der Waals surface area (Å²) < 4.78 is 6.92. The number of amides is 4. The first-order chi connectivity index (χ1) is 17.9. The number of imide groups is 1. The molecular formula is C28H27N5O4. The van der Waals surface area contributed by atoms with Crippen molar-refractivity contribution in [3.8, 4) is 16.9 Å². The summed E-state index contributed by atoms with van der Waals surface area (Å²) in [5.74, 6) is 0.538. The molecule has 4 aromatic rings.